The third-order valence-electron chi connectivity index (χ3n) is 6.15. The van der Waals surface area contributed by atoms with Gasteiger partial charge in [0.1, 0.15) is 0 Å². The first kappa shape index (κ1) is 21.0. The molecule has 1 saturated carbocycles. The van der Waals surface area contributed by atoms with Gasteiger partial charge in [0.25, 0.3) is 0 Å². The van der Waals surface area contributed by atoms with E-state index >= 15 is 0 Å². The molecule has 0 heterocycles. The van der Waals surface area contributed by atoms with Crippen molar-refractivity contribution in [1.82, 2.24) is 0 Å². The Morgan fingerprint density at radius 3 is 2.81 bits per heavy atom. The van der Waals surface area contributed by atoms with Crippen LogP contribution < -0.4 is 5.73 Å². The second-order valence-electron chi connectivity index (χ2n) is 8.23. The van der Waals surface area contributed by atoms with E-state index in [-0.39, 0.29) is 12.0 Å². The third kappa shape index (κ3) is 6.46. The minimum Gasteiger partial charge on any atom is -0.513 e. The average Bonchev–Trinajstić information content (AvgIpc) is 3.09. The molecule has 148 valence electrons. The van der Waals surface area contributed by atoms with Crippen molar-refractivity contribution in [3.05, 3.63) is 23.5 Å². The fourth-order valence-corrected chi connectivity index (χ4v) is 4.71. The number of nitrogens with two attached hydrogens (primary N) is 1. The monoisotopic (exact) mass is 363 g/mol. The van der Waals surface area contributed by atoms with E-state index in [4.69, 9.17) is 5.73 Å². The molecule has 0 aliphatic heterocycles. The number of primary amides is 1. The first-order valence-electron chi connectivity index (χ1n) is 10.5. The molecule has 4 N–H and O–H groups in total. The number of unbranched alkanes of at least 4 members (excludes halogenated alkanes) is 4. The van der Waals surface area contributed by atoms with E-state index in [0.717, 1.165) is 64.2 Å². The van der Waals surface area contributed by atoms with Crippen LogP contribution in [-0.2, 0) is 4.79 Å². The van der Waals surface area contributed by atoms with Gasteiger partial charge in [0.05, 0.1) is 11.9 Å². The number of carbonyl (C=O) groups excluding carboxylic acids is 1. The van der Waals surface area contributed by atoms with E-state index in [9.17, 15) is 15.0 Å². The van der Waals surface area contributed by atoms with Crippen molar-refractivity contribution in [2.45, 2.75) is 90.1 Å². The molecule has 0 radical (unpaired) electrons. The summed E-state index contributed by atoms with van der Waals surface area (Å²) in [4.78, 5) is 10.8. The molecule has 0 saturated heterocycles. The molecule has 0 aromatic heterocycles. The normalized spacial score (nSPS) is 28.2. The number of carbonyl (C=O) groups is 1. The third-order valence-corrected chi connectivity index (χ3v) is 6.15. The molecule has 2 aliphatic carbocycles. The number of allylic oxidation sites excluding steroid dienone is 4. The van der Waals surface area contributed by atoms with E-state index in [1.54, 1.807) is 0 Å². The average molecular weight is 364 g/mol. The minimum atomic E-state index is -0.221. The van der Waals surface area contributed by atoms with Crippen LogP contribution in [0.3, 0.4) is 0 Å². The number of fused-ring (bicyclic) bond motifs is 1. The molecule has 4 heteroatoms. The van der Waals surface area contributed by atoms with Crippen LogP contribution in [0.2, 0.25) is 0 Å². The van der Waals surface area contributed by atoms with Crippen LogP contribution in [0.4, 0.5) is 0 Å². The van der Waals surface area contributed by atoms with Crippen LogP contribution in [0, 0.1) is 17.8 Å². The highest BCUT2D eigenvalue weighted by molar-refractivity contribution is 5.73. The predicted molar refractivity (Wildman–Crippen MR) is 106 cm³/mol. The number of hydrogen-bond acceptors (Lipinski definition) is 3. The van der Waals surface area contributed by atoms with Gasteiger partial charge in [-0.2, -0.15) is 0 Å². The zero-order chi connectivity index (χ0) is 18.9. The molecule has 4 nitrogen and oxygen atoms in total. The van der Waals surface area contributed by atoms with E-state index in [0.29, 0.717) is 36.4 Å². The van der Waals surface area contributed by atoms with E-state index in [2.05, 4.69) is 13.0 Å². The standard InChI is InChI=1S/C22H37NO3/c1-2-3-5-9-18(24)11-12-19-20-14-16(13-17(20)15-21(19)25)8-6-4-7-10-22(23)26/h9,13,17,19-21,24-25H,2-8,10-12,14-15H2,1H3,(H2,23,26)/t17-,19+,20-,21+/m0/s1. The van der Waals surface area contributed by atoms with Crippen molar-refractivity contribution in [2.75, 3.05) is 0 Å². The topological polar surface area (TPSA) is 83.5 Å². The number of hydrogen-bond donors (Lipinski definition) is 3. The van der Waals surface area contributed by atoms with Crippen LogP contribution in [0.25, 0.3) is 0 Å². The zero-order valence-corrected chi connectivity index (χ0v) is 16.3. The largest absolute Gasteiger partial charge is 0.513 e. The highest BCUT2D eigenvalue weighted by Crippen LogP contribution is 2.49. The van der Waals surface area contributed by atoms with Crippen molar-refractivity contribution in [2.24, 2.45) is 23.5 Å². The summed E-state index contributed by atoms with van der Waals surface area (Å²) in [5, 5.41) is 20.5. The Hall–Kier alpha value is -1.29. The van der Waals surface area contributed by atoms with Gasteiger partial charge in [-0.15, -0.1) is 0 Å². The number of amides is 1. The summed E-state index contributed by atoms with van der Waals surface area (Å²) >= 11 is 0. The lowest BCUT2D eigenvalue weighted by atomic mass is 9.85. The molecule has 0 aromatic rings. The lowest BCUT2D eigenvalue weighted by Gasteiger charge is -2.21. The Morgan fingerprint density at radius 2 is 2.08 bits per heavy atom. The first-order valence-corrected chi connectivity index (χ1v) is 10.5. The number of rotatable bonds is 12. The number of aliphatic hydroxyl groups is 2. The second kappa shape index (κ2) is 10.8. The van der Waals surface area contributed by atoms with Crippen molar-refractivity contribution >= 4 is 5.91 Å². The van der Waals surface area contributed by atoms with Crippen molar-refractivity contribution in [1.29, 1.82) is 0 Å². The quantitative estimate of drug-likeness (QED) is 0.265. The van der Waals surface area contributed by atoms with Crippen LogP contribution in [0.1, 0.15) is 84.0 Å². The molecular weight excluding hydrogens is 326 g/mol. The van der Waals surface area contributed by atoms with E-state index in [1.807, 2.05) is 6.08 Å². The minimum absolute atomic E-state index is 0.205. The van der Waals surface area contributed by atoms with E-state index in [1.165, 1.54) is 5.57 Å². The molecule has 0 aromatic carbocycles. The number of aliphatic hydroxyl groups excluding tert-OH is 2. The smallest absolute Gasteiger partial charge is 0.217 e. The van der Waals surface area contributed by atoms with Gasteiger partial charge in [0.2, 0.25) is 5.91 Å². The van der Waals surface area contributed by atoms with Gasteiger partial charge in [-0.3, -0.25) is 4.79 Å². The highest BCUT2D eigenvalue weighted by Gasteiger charge is 2.43. The van der Waals surface area contributed by atoms with Crippen LogP contribution in [0.5, 0.6) is 0 Å². The molecule has 26 heavy (non-hydrogen) atoms. The maximum Gasteiger partial charge on any atom is 0.217 e. The molecule has 1 fully saturated rings. The predicted octanol–water partition coefficient (Wildman–Crippen LogP) is 4.78. The molecule has 2 rings (SSSR count). The molecule has 0 spiro atoms. The summed E-state index contributed by atoms with van der Waals surface area (Å²) in [6.07, 6.45) is 15.6. The van der Waals surface area contributed by atoms with E-state index < -0.39 is 0 Å². The lowest BCUT2D eigenvalue weighted by Crippen LogP contribution is -2.19. The van der Waals surface area contributed by atoms with Gasteiger partial charge in [0, 0.05) is 12.8 Å². The lowest BCUT2D eigenvalue weighted by molar-refractivity contribution is -0.118. The molecular formula is C22H37NO3. The Morgan fingerprint density at radius 1 is 1.27 bits per heavy atom. The SMILES string of the molecule is CCCCC=C(O)CC[C@@H]1[C@H]2CC(CCCCCC(N)=O)=C[C@H]2C[C@H]1O. The van der Waals surface area contributed by atoms with Gasteiger partial charge in [0.15, 0.2) is 0 Å². The Bertz CT molecular complexity index is 512. The molecule has 4 atom stereocenters. The van der Waals surface area contributed by atoms with Gasteiger partial charge in [-0.1, -0.05) is 31.4 Å². The van der Waals surface area contributed by atoms with Gasteiger partial charge in [-0.05, 0) is 75.2 Å². The van der Waals surface area contributed by atoms with Gasteiger partial charge >= 0.3 is 0 Å². The van der Waals surface area contributed by atoms with Crippen LogP contribution in [0.15, 0.2) is 23.5 Å². The molecule has 0 bridgehead atoms. The summed E-state index contributed by atoms with van der Waals surface area (Å²) in [7, 11) is 0. The Kier molecular flexibility index (Phi) is 8.70. The van der Waals surface area contributed by atoms with Gasteiger partial charge < -0.3 is 15.9 Å². The summed E-state index contributed by atoms with van der Waals surface area (Å²) in [6.45, 7) is 2.16. The maximum absolute atomic E-state index is 10.8. The van der Waals surface area contributed by atoms with Crippen molar-refractivity contribution in [3.8, 4) is 0 Å². The molecule has 0 unspecified atom stereocenters. The molecule has 1 amide bonds. The maximum atomic E-state index is 10.8. The fraction of sp³-hybridized carbons (Fsp3) is 0.773. The summed E-state index contributed by atoms with van der Waals surface area (Å²) in [5.74, 6) is 1.67. The summed E-state index contributed by atoms with van der Waals surface area (Å²) in [6, 6.07) is 0. The summed E-state index contributed by atoms with van der Waals surface area (Å²) < 4.78 is 0. The fourth-order valence-electron chi connectivity index (χ4n) is 4.71. The first-order chi connectivity index (χ1) is 12.5. The Labute approximate surface area is 158 Å². The van der Waals surface area contributed by atoms with Crippen LogP contribution >= 0.6 is 0 Å². The second-order valence-corrected chi connectivity index (χ2v) is 8.23. The highest BCUT2D eigenvalue weighted by atomic mass is 16.3. The zero-order valence-electron chi connectivity index (χ0n) is 16.3. The van der Waals surface area contributed by atoms with Crippen molar-refractivity contribution in [3.63, 3.8) is 0 Å². The van der Waals surface area contributed by atoms with Crippen molar-refractivity contribution < 1.29 is 15.0 Å². The molecule has 2 aliphatic rings. The van der Waals surface area contributed by atoms with Gasteiger partial charge in [-0.25, -0.2) is 0 Å². The Balaban J connectivity index is 1.72. The van der Waals surface area contributed by atoms with Crippen LogP contribution in [-0.4, -0.2) is 22.2 Å². The summed E-state index contributed by atoms with van der Waals surface area (Å²) in [5.41, 5.74) is 6.70.